The molecule has 0 heterocycles. The minimum absolute atomic E-state index is 0. The Hall–Kier alpha value is -4.29. The number of allylic oxidation sites excluding steroid dienone is 8. The summed E-state index contributed by atoms with van der Waals surface area (Å²) in [6.45, 7) is 0.421. The summed E-state index contributed by atoms with van der Waals surface area (Å²) in [5.41, 5.74) is 0.541. The van der Waals surface area contributed by atoms with E-state index >= 15 is 0 Å². The van der Waals surface area contributed by atoms with Gasteiger partial charge in [-0.15, -0.1) is 48.2 Å². The molecule has 2 aliphatic rings. The van der Waals surface area contributed by atoms with Crippen molar-refractivity contribution in [3.8, 4) is 0 Å². The molecule has 2 aromatic rings. The number of carboxylic acids is 2. The summed E-state index contributed by atoms with van der Waals surface area (Å²) in [4.78, 5) is 43.1. The normalized spacial score (nSPS) is 11.5. The molecule has 0 fully saturated rings. The second-order valence-corrected chi connectivity index (χ2v) is 9.99. The standard InChI is InChI=1S/2C13H14F2NO3.2C5H5.Ti/c2*14-10-5-4-9(11(15)8-10)6-7-16-12(17)2-1-3-13(18)19;2*1-2-4-5-3-1;/h2*4-5H,1-3,6-7H2,(H,16,17)(H,18,19);2*1-3H,4H2;/q4*-1;+4. The third-order valence-electron chi connectivity index (χ3n) is 6.08. The van der Waals surface area contributed by atoms with Crippen molar-refractivity contribution in [2.45, 2.75) is 64.2 Å². The van der Waals surface area contributed by atoms with Crippen molar-refractivity contribution in [3.63, 3.8) is 0 Å². The van der Waals surface area contributed by atoms with Crippen LogP contribution in [-0.4, -0.2) is 47.1 Å². The molecule has 0 aromatic heterocycles. The molecule has 0 unspecified atom stereocenters. The largest absolute Gasteiger partial charge is 4.00 e. The number of nitrogens with one attached hydrogen (secondary N) is 2. The quantitative estimate of drug-likeness (QED) is 0.108. The molecule has 260 valence electrons. The van der Waals surface area contributed by atoms with Crippen LogP contribution in [0.4, 0.5) is 17.6 Å². The summed E-state index contributed by atoms with van der Waals surface area (Å²) < 4.78 is 51.6. The van der Waals surface area contributed by atoms with Gasteiger partial charge < -0.3 is 20.8 Å². The molecular weight excluding hydrogens is 680 g/mol. The van der Waals surface area contributed by atoms with Crippen LogP contribution in [0.25, 0.3) is 0 Å². The third-order valence-corrected chi connectivity index (χ3v) is 6.08. The number of hydrogen-bond acceptors (Lipinski definition) is 4. The number of carbonyl (C=O) groups is 4. The zero-order valence-electron chi connectivity index (χ0n) is 26.8. The van der Waals surface area contributed by atoms with E-state index in [2.05, 4.69) is 34.9 Å². The van der Waals surface area contributed by atoms with Crippen molar-refractivity contribution >= 4 is 23.8 Å². The Labute approximate surface area is 298 Å². The summed E-state index contributed by atoms with van der Waals surface area (Å²) in [5.74, 6) is -5.52. The predicted molar refractivity (Wildman–Crippen MR) is 170 cm³/mol. The first-order valence-electron chi connectivity index (χ1n) is 15.1. The van der Waals surface area contributed by atoms with Gasteiger partial charge in [-0.3, -0.25) is 31.3 Å². The monoisotopic (exact) mass is 718 g/mol. The fraction of sp³-hybridized carbons (Fsp3) is 0.333. The first kappa shape index (κ1) is 44.7. The Morgan fingerprint density at radius 2 is 1.02 bits per heavy atom. The number of amides is 2. The first-order valence-corrected chi connectivity index (χ1v) is 15.1. The molecule has 8 nitrogen and oxygen atoms in total. The summed E-state index contributed by atoms with van der Waals surface area (Å²) >= 11 is 0. The predicted octanol–water partition coefficient (Wildman–Crippen LogP) is 5.97. The summed E-state index contributed by atoms with van der Waals surface area (Å²) in [5, 5.41) is 21.9. The van der Waals surface area contributed by atoms with E-state index in [9.17, 15) is 36.7 Å². The summed E-state index contributed by atoms with van der Waals surface area (Å²) in [6, 6.07) is 8.64. The first-order chi connectivity index (χ1) is 23.0. The second kappa shape index (κ2) is 27.6. The fourth-order valence-corrected chi connectivity index (χ4v) is 3.66. The fourth-order valence-electron chi connectivity index (χ4n) is 3.66. The Bertz CT molecular complexity index is 1320. The Kier molecular flexibility index (Phi) is 25.2. The van der Waals surface area contributed by atoms with Gasteiger partial charge in [0, 0.05) is 62.0 Å². The van der Waals surface area contributed by atoms with Crippen LogP contribution >= 0.6 is 0 Å². The number of benzene rings is 2. The van der Waals surface area contributed by atoms with Gasteiger partial charge in [0.2, 0.25) is 11.8 Å². The van der Waals surface area contributed by atoms with Gasteiger partial charge >= 0.3 is 33.7 Å². The molecule has 0 radical (unpaired) electrons. The third kappa shape index (κ3) is 24.5. The molecule has 13 heteroatoms. The second-order valence-electron chi connectivity index (χ2n) is 9.99. The number of rotatable bonds is 14. The number of hydrogen-bond donors (Lipinski definition) is 4. The zero-order valence-corrected chi connectivity index (χ0v) is 28.4. The van der Waals surface area contributed by atoms with E-state index < -0.39 is 35.2 Å². The van der Waals surface area contributed by atoms with Gasteiger partial charge in [-0.05, 0) is 12.8 Å². The molecule has 4 rings (SSSR count). The number of carbonyl (C=O) groups excluding carboxylic acids is 2. The summed E-state index contributed by atoms with van der Waals surface area (Å²) in [7, 11) is 0. The van der Waals surface area contributed by atoms with Crippen molar-refractivity contribution in [1.29, 1.82) is 0 Å². The van der Waals surface area contributed by atoms with E-state index in [1.807, 2.05) is 36.4 Å². The van der Waals surface area contributed by atoms with Crippen LogP contribution in [-0.2, 0) is 53.7 Å². The van der Waals surface area contributed by atoms with Crippen LogP contribution in [0.1, 0.15) is 62.5 Å². The average molecular weight is 719 g/mol. The van der Waals surface area contributed by atoms with Gasteiger partial charge in [-0.2, -0.15) is 24.3 Å². The Morgan fingerprint density at radius 1 is 0.633 bits per heavy atom. The van der Waals surface area contributed by atoms with E-state index in [1.165, 1.54) is 12.1 Å². The molecule has 0 saturated carbocycles. The van der Waals surface area contributed by atoms with Crippen LogP contribution in [0.5, 0.6) is 0 Å². The van der Waals surface area contributed by atoms with E-state index in [0.29, 0.717) is 0 Å². The van der Waals surface area contributed by atoms with Crippen LogP contribution in [0.2, 0.25) is 0 Å². The number of carboxylic acid groups (broad SMARTS) is 2. The van der Waals surface area contributed by atoms with Gasteiger partial charge in [0.25, 0.3) is 0 Å². The zero-order chi connectivity index (χ0) is 35.6. The van der Waals surface area contributed by atoms with E-state index in [0.717, 1.165) is 25.0 Å². The number of halogens is 4. The molecule has 0 aliphatic heterocycles. The van der Waals surface area contributed by atoms with E-state index in [-0.39, 0.29) is 109 Å². The van der Waals surface area contributed by atoms with Gasteiger partial charge in [-0.1, -0.05) is 12.8 Å². The molecule has 0 saturated heterocycles. The maximum Gasteiger partial charge on any atom is 4.00 e. The molecule has 0 spiro atoms. The Balaban J connectivity index is 0.000000717. The van der Waals surface area contributed by atoms with Gasteiger partial charge in [0.05, 0.1) is 0 Å². The van der Waals surface area contributed by atoms with Crippen LogP contribution in [0, 0.1) is 47.6 Å². The molecular formula is C36H38F4N2O6Ti. The molecule has 4 N–H and O–H groups in total. The molecule has 2 aliphatic carbocycles. The molecule has 49 heavy (non-hydrogen) atoms. The molecule has 0 bridgehead atoms. The Morgan fingerprint density at radius 3 is 1.29 bits per heavy atom. The smallest absolute Gasteiger partial charge is 0.481 e. The minimum atomic E-state index is -0.947. The molecule has 2 aromatic carbocycles. The van der Waals surface area contributed by atoms with Gasteiger partial charge in [0.15, 0.2) is 0 Å². The topological polar surface area (TPSA) is 133 Å². The van der Waals surface area contributed by atoms with E-state index in [4.69, 9.17) is 10.2 Å². The maximum atomic E-state index is 13.2. The van der Waals surface area contributed by atoms with Crippen LogP contribution < -0.4 is 10.6 Å². The molecule has 2 amide bonds. The van der Waals surface area contributed by atoms with Crippen molar-refractivity contribution in [1.82, 2.24) is 10.6 Å². The van der Waals surface area contributed by atoms with Crippen LogP contribution in [0.3, 0.4) is 0 Å². The average Bonchev–Trinajstić information content (AvgIpc) is 3.80. The number of aliphatic carboxylic acids is 2. The van der Waals surface area contributed by atoms with E-state index in [1.54, 1.807) is 0 Å². The van der Waals surface area contributed by atoms with Gasteiger partial charge in [0.1, 0.15) is 0 Å². The van der Waals surface area contributed by atoms with Crippen molar-refractivity contribution in [2.75, 3.05) is 13.1 Å². The van der Waals surface area contributed by atoms with Gasteiger partial charge in [-0.25, -0.2) is 41.9 Å². The van der Waals surface area contributed by atoms with Crippen molar-refractivity contribution in [2.24, 2.45) is 0 Å². The molecule has 0 atom stereocenters. The summed E-state index contributed by atoms with van der Waals surface area (Å²) in [6.07, 6.45) is 21.1. The SMILES string of the molecule is O=C(O)CCCC(=O)NCCc1ccc(F)[c-]c1F.O=C(O)CCCC(=O)NCCc1ccc(F)[c-]c1F.[C-]1=CC=CC1.[C-]1=CC=CC1.[Ti+4]. The minimum Gasteiger partial charge on any atom is -0.481 e. The van der Waals surface area contributed by atoms with Crippen LogP contribution in [0.15, 0.2) is 60.7 Å². The van der Waals surface area contributed by atoms with Crippen molar-refractivity contribution < 1.29 is 68.7 Å². The maximum absolute atomic E-state index is 13.2. The van der Waals surface area contributed by atoms with Crippen molar-refractivity contribution in [3.05, 3.63) is 119 Å².